The zero-order chi connectivity index (χ0) is 11.9. The van der Waals surface area contributed by atoms with Crippen LogP contribution in [0.2, 0.25) is 0 Å². The maximum absolute atomic E-state index is 8.87. The van der Waals surface area contributed by atoms with Gasteiger partial charge in [0.1, 0.15) is 6.61 Å². The van der Waals surface area contributed by atoms with E-state index >= 15 is 0 Å². The second-order valence-corrected chi connectivity index (χ2v) is 3.33. The van der Waals surface area contributed by atoms with Crippen molar-refractivity contribution < 1.29 is 9.25 Å². The Kier molecular flexibility index (Phi) is 3.56. The molecular formula is C13H10N2O2. The molecule has 4 nitrogen and oxygen atoms in total. The summed E-state index contributed by atoms with van der Waals surface area (Å²) in [5, 5.41) is 12.7. The summed E-state index contributed by atoms with van der Waals surface area (Å²) in [6, 6.07) is 11.1. The molecule has 1 aromatic carbocycles. The zero-order valence-corrected chi connectivity index (χ0v) is 9.04. The van der Waals surface area contributed by atoms with Gasteiger partial charge in [0.05, 0.1) is 30.4 Å². The van der Waals surface area contributed by atoms with Crippen LogP contribution in [-0.2, 0) is 11.4 Å². The molecule has 0 N–H and O–H groups in total. The molecule has 0 spiro atoms. The zero-order valence-electron chi connectivity index (χ0n) is 9.04. The maximum atomic E-state index is 8.87. The Bertz CT molecular complexity index is 539. The molecular weight excluding hydrogens is 216 g/mol. The summed E-state index contributed by atoms with van der Waals surface area (Å²) in [6.07, 6.45) is 4.68. The summed E-state index contributed by atoms with van der Waals surface area (Å²) in [5.74, 6) is 0. The van der Waals surface area contributed by atoms with Crippen LogP contribution in [0.15, 0.2) is 52.4 Å². The molecule has 0 aliphatic heterocycles. The van der Waals surface area contributed by atoms with Crippen LogP contribution >= 0.6 is 0 Å². The van der Waals surface area contributed by atoms with Crippen LogP contribution in [0, 0.1) is 11.3 Å². The maximum Gasteiger partial charge on any atom is 0.143 e. The molecule has 0 aliphatic rings. The topological polar surface area (TPSA) is 58.5 Å². The largest absolute Gasteiger partial charge is 0.472 e. The van der Waals surface area contributed by atoms with Crippen molar-refractivity contribution in [1.82, 2.24) is 0 Å². The van der Waals surface area contributed by atoms with Crippen LogP contribution in [-0.4, -0.2) is 6.21 Å². The summed E-state index contributed by atoms with van der Waals surface area (Å²) in [5.41, 5.74) is 2.25. The Morgan fingerprint density at radius 1 is 1.35 bits per heavy atom. The van der Waals surface area contributed by atoms with Crippen LogP contribution < -0.4 is 0 Å². The van der Waals surface area contributed by atoms with Gasteiger partial charge in [0, 0.05) is 11.1 Å². The van der Waals surface area contributed by atoms with E-state index < -0.39 is 0 Å². The third-order valence-corrected chi connectivity index (χ3v) is 2.18. The first-order valence-electron chi connectivity index (χ1n) is 5.05. The van der Waals surface area contributed by atoms with Crippen molar-refractivity contribution in [3.63, 3.8) is 0 Å². The fourth-order valence-corrected chi connectivity index (χ4v) is 1.31. The van der Waals surface area contributed by atoms with Gasteiger partial charge in [0.2, 0.25) is 0 Å². The molecule has 0 bridgehead atoms. The van der Waals surface area contributed by atoms with Crippen molar-refractivity contribution in [3.8, 4) is 6.07 Å². The monoisotopic (exact) mass is 226 g/mol. The van der Waals surface area contributed by atoms with Crippen LogP contribution in [0.5, 0.6) is 0 Å². The second kappa shape index (κ2) is 5.52. The van der Waals surface area contributed by atoms with E-state index in [-0.39, 0.29) is 6.61 Å². The Hall–Kier alpha value is -2.54. The summed E-state index contributed by atoms with van der Waals surface area (Å²) < 4.78 is 4.88. The SMILES string of the molecule is N#Cc1ccccc1CO/N=C\c1ccoc1. The van der Waals surface area contributed by atoms with E-state index in [1.165, 1.54) is 0 Å². The molecule has 84 valence electrons. The van der Waals surface area contributed by atoms with Gasteiger partial charge in [0.25, 0.3) is 0 Å². The van der Waals surface area contributed by atoms with E-state index in [9.17, 15) is 0 Å². The minimum Gasteiger partial charge on any atom is -0.472 e. The van der Waals surface area contributed by atoms with Gasteiger partial charge in [-0.3, -0.25) is 0 Å². The Morgan fingerprint density at radius 2 is 2.24 bits per heavy atom. The lowest BCUT2D eigenvalue weighted by Crippen LogP contribution is -1.91. The highest BCUT2D eigenvalue weighted by Crippen LogP contribution is 2.08. The molecule has 0 saturated heterocycles. The lowest BCUT2D eigenvalue weighted by atomic mass is 10.1. The van der Waals surface area contributed by atoms with Crippen LogP contribution in [0.3, 0.4) is 0 Å². The summed E-state index contributed by atoms with van der Waals surface area (Å²) in [6.45, 7) is 0.276. The third-order valence-electron chi connectivity index (χ3n) is 2.18. The van der Waals surface area contributed by atoms with Gasteiger partial charge in [-0.2, -0.15) is 5.26 Å². The number of benzene rings is 1. The van der Waals surface area contributed by atoms with Crippen molar-refractivity contribution in [2.45, 2.75) is 6.61 Å². The van der Waals surface area contributed by atoms with Gasteiger partial charge in [-0.1, -0.05) is 23.4 Å². The molecule has 0 radical (unpaired) electrons. The van der Waals surface area contributed by atoms with Gasteiger partial charge >= 0.3 is 0 Å². The van der Waals surface area contributed by atoms with Crippen molar-refractivity contribution in [2.75, 3.05) is 0 Å². The molecule has 0 unspecified atom stereocenters. The minimum absolute atomic E-state index is 0.276. The van der Waals surface area contributed by atoms with E-state index in [1.54, 1.807) is 30.9 Å². The summed E-state index contributed by atoms with van der Waals surface area (Å²) in [7, 11) is 0. The molecule has 17 heavy (non-hydrogen) atoms. The van der Waals surface area contributed by atoms with E-state index in [0.717, 1.165) is 11.1 Å². The van der Waals surface area contributed by atoms with Crippen LogP contribution in [0.25, 0.3) is 0 Å². The fourth-order valence-electron chi connectivity index (χ4n) is 1.31. The number of oxime groups is 1. The molecule has 1 heterocycles. The molecule has 1 aromatic heterocycles. The first-order valence-corrected chi connectivity index (χ1v) is 5.05. The quantitative estimate of drug-likeness (QED) is 0.594. The number of nitrogens with zero attached hydrogens (tertiary/aromatic N) is 2. The number of rotatable bonds is 4. The standard InChI is InChI=1S/C13H10N2O2/c14-7-12-3-1-2-4-13(12)10-17-15-8-11-5-6-16-9-11/h1-6,8-9H,10H2/b15-8-. The van der Waals surface area contributed by atoms with Gasteiger partial charge in [-0.05, 0) is 12.1 Å². The third kappa shape index (κ3) is 2.95. The number of hydrogen-bond acceptors (Lipinski definition) is 4. The van der Waals surface area contributed by atoms with Crippen molar-refractivity contribution >= 4 is 6.21 Å². The Balaban J connectivity index is 1.92. The molecule has 0 aliphatic carbocycles. The summed E-state index contributed by atoms with van der Waals surface area (Å²) in [4.78, 5) is 5.11. The highest BCUT2D eigenvalue weighted by molar-refractivity contribution is 5.78. The highest BCUT2D eigenvalue weighted by atomic mass is 16.6. The Labute approximate surface area is 98.7 Å². The minimum atomic E-state index is 0.276. The highest BCUT2D eigenvalue weighted by Gasteiger charge is 1.99. The molecule has 0 amide bonds. The van der Waals surface area contributed by atoms with Crippen LogP contribution in [0.1, 0.15) is 16.7 Å². The fraction of sp³-hybridized carbons (Fsp3) is 0.0769. The van der Waals surface area contributed by atoms with Gasteiger partial charge in [-0.25, -0.2) is 0 Å². The normalized spacial score (nSPS) is 10.3. The van der Waals surface area contributed by atoms with Crippen LogP contribution in [0.4, 0.5) is 0 Å². The lowest BCUT2D eigenvalue weighted by Gasteiger charge is -2.01. The molecule has 0 atom stereocenters. The molecule has 0 fully saturated rings. The predicted molar refractivity (Wildman–Crippen MR) is 62.2 cm³/mol. The average molecular weight is 226 g/mol. The number of nitriles is 1. The van der Waals surface area contributed by atoms with Gasteiger partial charge < -0.3 is 9.25 Å². The van der Waals surface area contributed by atoms with E-state index in [1.807, 2.05) is 18.2 Å². The molecule has 0 saturated carbocycles. The molecule has 2 aromatic rings. The van der Waals surface area contributed by atoms with Gasteiger partial charge in [-0.15, -0.1) is 0 Å². The smallest absolute Gasteiger partial charge is 0.143 e. The summed E-state index contributed by atoms with van der Waals surface area (Å²) >= 11 is 0. The first kappa shape index (κ1) is 11.0. The number of furan rings is 1. The molecule has 2 rings (SSSR count). The van der Waals surface area contributed by atoms with E-state index in [0.29, 0.717) is 5.56 Å². The Morgan fingerprint density at radius 3 is 3.00 bits per heavy atom. The van der Waals surface area contributed by atoms with E-state index in [2.05, 4.69) is 11.2 Å². The molecule has 4 heteroatoms. The lowest BCUT2D eigenvalue weighted by molar-refractivity contribution is 0.132. The first-order chi connectivity index (χ1) is 8.40. The van der Waals surface area contributed by atoms with E-state index in [4.69, 9.17) is 14.5 Å². The number of hydrogen-bond donors (Lipinski definition) is 0. The van der Waals surface area contributed by atoms with Gasteiger partial charge in [0.15, 0.2) is 0 Å². The van der Waals surface area contributed by atoms with Crippen molar-refractivity contribution in [3.05, 3.63) is 59.5 Å². The average Bonchev–Trinajstić information content (AvgIpc) is 2.88. The van der Waals surface area contributed by atoms with Crippen molar-refractivity contribution in [1.29, 1.82) is 5.26 Å². The predicted octanol–water partition coefficient (Wildman–Crippen LogP) is 2.70. The second-order valence-electron chi connectivity index (χ2n) is 3.33. The van der Waals surface area contributed by atoms with Crippen molar-refractivity contribution in [2.24, 2.45) is 5.16 Å².